The Kier molecular flexibility index (Phi) is 8.05. The molecule has 0 heterocycles. The second-order valence-electron chi connectivity index (χ2n) is 9.72. The number of fused-ring (bicyclic) bond motifs is 1. The molecule has 2 aliphatic rings. The van der Waals surface area contributed by atoms with Crippen LogP contribution in [0.3, 0.4) is 0 Å². The van der Waals surface area contributed by atoms with Crippen LogP contribution in [0.15, 0.2) is 42.5 Å². The number of carbonyl (C=O) groups excluding carboxylic acids is 1. The molecule has 1 amide bonds. The summed E-state index contributed by atoms with van der Waals surface area (Å²) in [6, 6.07) is 15.4. The van der Waals surface area contributed by atoms with Crippen molar-refractivity contribution in [2.24, 2.45) is 5.92 Å². The van der Waals surface area contributed by atoms with Crippen molar-refractivity contribution in [2.45, 2.75) is 64.9 Å². The van der Waals surface area contributed by atoms with Crippen molar-refractivity contribution in [2.75, 3.05) is 25.6 Å². The van der Waals surface area contributed by atoms with Crippen LogP contribution in [0.25, 0.3) is 0 Å². The number of aryl methyl sites for hydroxylation is 2. The summed E-state index contributed by atoms with van der Waals surface area (Å²) in [4.78, 5) is 12.8. The number of hydrogen-bond acceptors (Lipinski definition) is 4. The number of hydrogen-bond donors (Lipinski definition) is 1. The summed E-state index contributed by atoms with van der Waals surface area (Å²) >= 11 is 0. The van der Waals surface area contributed by atoms with Gasteiger partial charge in [-0.05, 0) is 113 Å². The number of amides is 1. The predicted octanol–water partition coefficient (Wildman–Crippen LogP) is 6.26. The maximum Gasteiger partial charge on any atom is 0.407 e. The van der Waals surface area contributed by atoms with Gasteiger partial charge in [0.25, 0.3) is 0 Å². The molecule has 0 saturated heterocycles. The SMILES string of the molecule is CN(c1ccc(OCC2CC2)cc1)c1ccc2c(c1)CCCC2.CNC(=O)OC(C)(C)C. The van der Waals surface area contributed by atoms with Crippen LogP contribution in [0.4, 0.5) is 16.2 Å². The van der Waals surface area contributed by atoms with Gasteiger partial charge >= 0.3 is 6.09 Å². The van der Waals surface area contributed by atoms with E-state index in [0.717, 1.165) is 18.3 Å². The van der Waals surface area contributed by atoms with Crippen molar-refractivity contribution >= 4 is 17.5 Å². The fourth-order valence-corrected chi connectivity index (χ4v) is 3.67. The highest BCUT2D eigenvalue weighted by molar-refractivity contribution is 5.67. The smallest absolute Gasteiger partial charge is 0.407 e. The molecule has 0 bridgehead atoms. The van der Waals surface area contributed by atoms with E-state index in [1.165, 1.54) is 68.1 Å². The molecule has 5 heteroatoms. The van der Waals surface area contributed by atoms with Gasteiger partial charge in [0.05, 0.1) is 6.61 Å². The summed E-state index contributed by atoms with van der Waals surface area (Å²) < 4.78 is 10.7. The van der Waals surface area contributed by atoms with Crippen LogP contribution in [-0.4, -0.2) is 32.4 Å². The molecular weight excluding hydrogens is 400 g/mol. The van der Waals surface area contributed by atoms with Crippen LogP contribution in [0.5, 0.6) is 5.75 Å². The van der Waals surface area contributed by atoms with Crippen LogP contribution >= 0.6 is 0 Å². The molecule has 1 saturated carbocycles. The maximum atomic E-state index is 10.5. The summed E-state index contributed by atoms with van der Waals surface area (Å²) in [7, 11) is 3.68. The van der Waals surface area contributed by atoms with E-state index < -0.39 is 0 Å². The van der Waals surface area contributed by atoms with Crippen LogP contribution < -0.4 is 15.0 Å². The lowest BCUT2D eigenvalue weighted by Crippen LogP contribution is -2.30. The van der Waals surface area contributed by atoms with Crippen molar-refractivity contribution in [3.63, 3.8) is 0 Å². The summed E-state index contributed by atoms with van der Waals surface area (Å²) in [5.74, 6) is 1.78. The van der Waals surface area contributed by atoms with Crippen LogP contribution in [0.1, 0.15) is 57.6 Å². The molecule has 2 aromatic rings. The van der Waals surface area contributed by atoms with Gasteiger partial charge in [0.1, 0.15) is 11.4 Å². The number of anilines is 2. The third kappa shape index (κ3) is 7.47. The molecule has 0 spiro atoms. The van der Waals surface area contributed by atoms with E-state index in [0.29, 0.717) is 0 Å². The average Bonchev–Trinajstić information content (AvgIpc) is 3.61. The van der Waals surface area contributed by atoms with Gasteiger partial charge in [-0.3, -0.25) is 0 Å². The molecule has 0 unspecified atom stereocenters. The third-order valence-electron chi connectivity index (χ3n) is 5.73. The molecule has 4 rings (SSSR count). The molecule has 32 heavy (non-hydrogen) atoms. The molecule has 2 aromatic carbocycles. The highest BCUT2D eigenvalue weighted by Crippen LogP contribution is 2.32. The Morgan fingerprint density at radius 1 is 1.00 bits per heavy atom. The van der Waals surface area contributed by atoms with Crippen LogP contribution in [0.2, 0.25) is 0 Å². The maximum absolute atomic E-state index is 10.5. The van der Waals surface area contributed by atoms with Gasteiger partial charge in [-0.2, -0.15) is 0 Å². The van der Waals surface area contributed by atoms with E-state index in [9.17, 15) is 4.79 Å². The molecule has 5 nitrogen and oxygen atoms in total. The lowest BCUT2D eigenvalue weighted by Gasteiger charge is -2.23. The van der Waals surface area contributed by atoms with E-state index in [1.54, 1.807) is 0 Å². The van der Waals surface area contributed by atoms with Gasteiger partial charge in [-0.1, -0.05) is 6.07 Å². The van der Waals surface area contributed by atoms with E-state index in [2.05, 4.69) is 59.7 Å². The van der Waals surface area contributed by atoms with Crippen molar-refractivity contribution in [1.29, 1.82) is 0 Å². The summed E-state index contributed by atoms with van der Waals surface area (Å²) in [5, 5.41) is 2.36. The number of alkyl carbamates (subject to hydrolysis) is 1. The molecule has 0 atom stereocenters. The van der Waals surface area contributed by atoms with Gasteiger partial charge < -0.3 is 19.7 Å². The van der Waals surface area contributed by atoms with Gasteiger partial charge in [-0.15, -0.1) is 0 Å². The number of nitrogens with zero attached hydrogens (tertiary/aromatic N) is 1. The number of benzene rings is 2. The molecule has 2 aliphatic carbocycles. The number of nitrogens with one attached hydrogen (secondary N) is 1. The minimum atomic E-state index is -0.389. The van der Waals surface area contributed by atoms with Gasteiger partial charge in [-0.25, -0.2) is 4.79 Å². The Labute approximate surface area is 193 Å². The first-order valence-electron chi connectivity index (χ1n) is 11.7. The molecule has 0 aromatic heterocycles. The summed E-state index contributed by atoms with van der Waals surface area (Å²) in [6.45, 7) is 6.34. The fourth-order valence-electron chi connectivity index (χ4n) is 3.67. The van der Waals surface area contributed by atoms with Crippen molar-refractivity contribution < 1.29 is 14.3 Å². The second-order valence-corrected chi connectivity index (χ2v) is 9.72. The van der Waals surface area contributed by atoms with Gasteiger partial charge in [0, 0.05) is 25.5 Å². The normalized spacial score (nSPS) is 15.0. The fraction of sp³-hybridized carbons (Fsp3) is 0.519. The Hall–Kier alpha value is -2.69. The minimum Gasteiger partial charge on any atom is -0.493 e. The highest BCUT2D eigenvalue weighted by Gasteiger charge is 2.21. The monoisotopic (exact) mass is 438 g/mol. The summed E-state index contributed by atoms with van der Waals surface area (Å²) in [6.07, 6.45) is 7.41. The first kappa shape index (κ1) is 24.0. The number of rotatable bonds is 5. The van der Waals surface area contributed by atoms with E-state index in [4.69, 9.17) is 9.47 Å². The number of carbonyl (C=O) groups is 1. The largest absolute Gasteiger partial charge is 0.493 e. The first-order valence-corrected chi connectivity index (χ1v) is 11.7. The van der Waals surface area contributed by atoms with Crippen molar-refractivity contribution in [1.82, 2.24) is 5.32 Å². The van der Waals surface area contributed by atoms with Crippen molar-refractivity contribution in [3.05, 3.63) is 53.6 Å². The molecule has 0 radical (unpaired) electrons. The molecule has 0 aliphatic heterocycles. The Morgan fingerprint density at radius 2 is 1.62 bits per heavy atom. The quantitative estimate of drug-likeness (QED) is 0.598. The topological polar surface area (TPSA) is 50.8 Å². The molecule has 1 N–H and O–H groups in total. The Bertz CT molecular complexity index is 883. The lowest BCUT2D eigenvalue weighted by molar-refractivity contribution is 0.0541. The van der Waals surface area contributed by atoms with E-state index >= 15 is 0 Å². The third-order valence-corrected chi connectivity index (χ3v) is 5.73. The standard InChI is InChI=1S/C21H25NO.C6H13NO2/c1-22(20-9-8-17-4-2-3-5-18(17)14-20)19-10-12-21(13-11-19)23-15-16-6-7-16;1-6(2,3)9-5(8)7-4/h8-14,16H,2-7,15H2,1H3;1-4H3,(H,7,8). The average molecular weight is 439 g/mol. The molecule has 174 valence electrons. The molecular formula is C27H38N2O3. The highest BCUT2D eigenvalue weighted by atomic mass is 16.6. The first-order chi connectivity index (χ1) is 15.2. The minimum absolute atomic E-state index is 0.387. The zero-order valence-corrected chi connectivity index (χ0v) is 20.2. The Balaban J connectivity index is 0.000000275. The van der Waals surface area contributed by atoms with Crippen LogP contribution in [0, 0.1) is 5.92 Å². The van der Waals surface area contributed by atoms with Crippen molar-refractivity contribution in [3.8, 4) is 5.75 Å². The van der Waals surface area contributed by atoms with E-state index in [1.807, 2.05) is 20.8 Å². The summed E-state index contributed by atoms with van der Waals surface area (Å²) in [5.41, 5.74) is 5.17. The van der Waals surface area contributed by atoms with Gasteiger partial charge in [0.2, 0.25) is 0 Å². The number of ether oxygens (including phenoxy) is 2. The Morgan fingerprint density at radius 3 is 2.19 bits per heavy atom. The zero-order valence-electron chi connectivity index (χ0n) is 20.2. The van der Waals surface area contributed by atoms with Crippen LogP contribution in [-0.2, 0) is 17.6 Å². The van der Waals surface area contributed by atoms with E-state index in [-0.39, 0.29) is 11.7 Å². The second kappa shape index (κ2) is 10.8. The lowest BCUT2D eigenvalue weighted by atomic mass is 9.91. The molecule has 1 fully saturated rings. The zero-order chi connectivity index (χ0) is 23.1. The predicted molar refractivity (Wildman–Crippen MR) is 131 cm³/mol. The van der Waals surface area contributed by atoms with Gasteiger partial charge in [0.15, 0.2) is 0 Å².